The Morgan fingerprint density at radius 2 is 1.53 bits per heavy atom. The first-order chi connectivity index (χ1) is 15.5. The summed E-state index contributed by atoms with van der Waals surface area (Å²) in [6, 6.07) is 22.1. The largest absolute Gasteiger partial charge is 0.335 e. The minimum atomic E-state index is -0.745. The maximum absolute atomic E-state index is 13.0. The number of nitrogens with zero attached hydrogens (tertiary/aromatic N) is 1. The average molecular weight is 489 g/mol. The predicted molar refractivity (Wildman–Crippen MR) is 128 cm³/mol. The van der Waals surface area contributed by atoms with Crippen LogP contribution in [0.4, 0.5) is 10.5 Å². The number of barbiturate groups is 1. The maximum Gasteiger partial charge on any atom is 0.335 e. The number of rotatable bonds is 5. The second kappa shape index (κ2) is 9.32. The van der Waals surface area contributed by atoms with E-state index in [0.717, 1.165) is 33.3 Å². The minimum absolute atomic E-state index is 0.0808. The molecule has 4 amide bonds. The summed E-state index contributed by atoms with van der Waals surface area (Å²) in [5.74, 6) is -1.33. The molecule has 4 rings (SSSR count). The van der Waals surface area contributed by atoms with Gasteiger partial charge in [0.25, 0.3) is 11.8 Å². The van der Waals surface area contributed by atoms with Gasteiger partial charge in [-0.25, -0.2) is 9.69 Å². The minimum Gasteiger partial charge on any atom is -0.273 e. The SMILES string of the molecule is CCc1ccc(N2C(=O)NC(=O)/C(=C\c3ccc(Cc4ccccc4Br)cc3)C2=O)cc1. The van der Waals surface area contributed by atoms with Crippen LogP contribution in [0.25, 0.3) is 6.08 Å². The maximum atomic E-state index is 13.0. The van der Waals surface area contributed by atoms with E-state index in [9.17, 15) is 14.4 Å². The third kappa shape index (κ3) is 4.55. The topological polar surface area (TPSA) is 66.5 Å². The van der Waals surface area contributed by atoms with Crippen LogP contribution in [0.15, 0.2) is 82.8 Å². The number of amides is 4. The highest BCUT2D eigenvalue weighted by atomic mass is 79.9. The van der Waals surface area contributed by atoms with Crippen molar-refractivity contribution in [1.82, 2.24) is 5.32 Å². The first kappa shape index (κ1) is 21.7. The summed E-state index contributed by atoms with van der Waals surface area (Å²) in [4.78, 5) is 38.8. The van der Waals surface area contributed by atoms with Crippen LogP contribution in [0.5, 0.6) is 0 Å². The van der Waals surface area contributed by atoms with Crippen LogP contribution in [0.3, 0.4) is 0 Å². The van der Waals surface area contributed by atoms with Crippen molar-refractivity contribution in [2.24, 2.45) is 0 Å². The molecule has 0 aromatic heterocycles. The molecule has 1 N–H and O–H groups in total. The number of carbonyl (C=O) groups is 3. The van der Waals surface area contributed by atoms with Crippen molar-refractivity contribution >= 4 is 45.5 Å². The van der Waals surface area contributed by atoms with Crippen LogP contribution in [-0.2, 0) is 22.4 Å². The molecule has 1 fully saturated rings. The number of hydrogen-bond acceptors (Lipinski definition) is 3. The molecule has 5 nitrogen and oxygen atoms in total. The van der Waals surface area contributed by atoms with E-state index in [0.29, 0.717) is 11.3 Å². The Morgan fingerprint density at radius 3 is 2.19 bits per heavy atom. The van der Waals surface area contributed by atoms with Gasteiger partial charge >= 0.3 is 6.03 Å². The number of hydrogen-bond donors (Lipinski definition) is 1. The van der Waals surface area contributed by atoms with Crippen LogP contribution in [-0.4, -0.2) is 17.8 Å². The van der Waals surface area contributed by atoms with E-state index in [4.69, 9.17) is 0 Å². The Bertz CT molecular complexity index is 1210. The Balaban J connectivity index is 1.57. The molecule has 0 aliphatic carbocycles. The summed E-state index contributed by atoms with van der Waals surface area (Å²) in [5, 5.41) is 2.26. The van der Waals surface area contributed by atoms with Crippen molar-refractivity contribution in [3.8, 4) is 0 Å². The molecule has 0 saturated carbocycles. The number of anilines is 1. The molecular formula is C26H21BrN2O3. The summed E-state index contributed by atoms with van der Waals surface area (Å²) in [6.45, 7) is 2.03. The molecule has 6 heteroatoms. The first-order valence-electron chi connectivity index (χ1n) is 10.3. The zero-order chi connectivity index (χ0) is 22.7. The second-order valence-electron chi connectivity index (χ2n) is 7.49. The lowest BCUT2D eigenvalue weighted by Crippen LogP contribution is -2.54. The molecule has 3 aromatic carbocycles. The fraction of sp³-hybridized carbons (Fsp3) is 0.115. The van der Waals surface area contributed by atoms with E-state index in [2.05, 4.69) is 27.3 Å². The van der Waals surface area contributed by atoms with Crippen molar-refractivity contribution in [1.29, 1.82) is 0 Å². The molecule has 1 heterocycles. The molecule has 0 spiro atoms. The van der Waals surface area contributed by atoms with E-state index < -0.39 is 17.8 Å². The third-order valence-electron chi connectivity index (χ3n) is 5.35. The highest BCUT2D eigenvalue weighted by molar-refractivity contribution is 9.10. The van der Waals surface area contributed by atoms with E-state index in [-0.39, 0.29) is 5.57 Å². The van der Waals surface area contributed by atoms with Gasteiger partial charge in [0.1, 0.15) is 5.57 Å². The van der Waals surface area contributed by atoms with E-state index in [1.807, 2.05) is 61.5 Å². The molecule has 1 aliphatic rings. The fourth-order valence-corrected chi connectivity index (χ4v) is 3.96. The van der Waals surface area contributed by atoms with Crippen LogP contribution >= 0.6 is 15.9 Å². The first-order valence-corrected chi connectivity index (χ1v) is 11.1. The lowest BCUT2D eigenvalue weighted by molar-refractivity contribution is -0.122. The molecule has 1 aliphatic heterocycles. The molecule has 160 valence electrons. The Hall–Kier alpha value is -3.51. The van der Waals surface area contributed by atoms with Crippen molar-refractivity contribution < 1.29 is 14.4 Å². The zero-order valence-corrected chi connectivity index (χ0v) is 19.1. The van der Waals surface area contributed by atoms with Gasteiger partial charge in [-0.1, -0.05) is 77.5 Å². The number of urea groups is 1. The van der Waals surface area contributed by atoms with Gasteiger partial charge in [-0.15, -0.1) is 0 Å². The molecule has 1 saturated heterocycles. The van der Waals surface area contributed by atoms with Gasteiger partial charge in [0.05, 0.1) is 5.69 Å². The molecule has 3 aromatic rings. The van der Waals surface area contributed by atoms with Crippen LogP contribution in [0.1, 0.15) is 29.2 Å². The summed E-state index contributed by atoms with van der Waals surface area (Å²) >= 11 is 3.56. The van der Waals surface area contributed by atoms with Gasteiger partial charge < -0.3 is 0 Å². The van der Waals surface area contributed by atoms with E-state index >= 15 is 0 Å². The standard InChI is InChI=1S/C26H21BrN2O3/c1-2-17-11-13-21(14-12-17)29-25(31)22(24(30)28-26(29)32)16-19-9-7-18(8-10-19)15-20-5-3-4-6-23(20)27/h3-14,16H,2,15H2,1H3,(H,28,30,32)/b22-16+. The van der Waals surface area contributed by atoms with Gasteiger partial charge in [0.15, 0.2) is 0 Å². The number of benzene rings is 3. The quantitative estimate of drug-likeness (QED) is 0.393. The van der Waals surface area contributed by atoms with Crippen LogP contribution in [0.2, 0.25) is 0 Å². The van der Waals surface area contributed by atoms with Crippen LogP contribution < -0.4 is 10.2 Å². The van der Waals surface area contributed by atoms with E-state index in [1.165, 1.54) is 11.6 Å². The fourth-order valence-electron chi connectivity index (χ4n) is 3.53. The number of aryl methyl sites for hydroxylation is 1. The Labute approximate surface area is 194 Å². The molecular weight excluding hydrogens is 468 g/mol. The molecule has 32 heavy (non-hydrogen) atoms. The summed E-state index contributed by atoms with van der Waals surface area (Å²) in [7, 11) is 0. The number of carbonyl (C=O) groups excluding carboxylic acids is 3. The third-order valence-corrected chi connectivity index (χ3v) is 6.12. The zero-order valence-electron chi connectivity index (χ0n) is 17.5. The predicted octanol–water partition coefficient (Wildman–Crippen LogP) is 5.27. The summed E-state index contributed by atoms with van der Waals surface area (Å²) < 4.78 is 1.05. The monoisotopic (exact) mass is 488 g/mol. The Kier molecular flexibility index (Phi) is 6.32. The molecule has 0 radical (unpaired) electrons. The average Bonchev–Trinajstić information content (AvgIpc) is 2.79. The van der Waals surface area contributed by atoms with Gasteiger partial charge in [0.2, 0.25) is 0 Å². The summed E-state index contributed by atoms with van der Waals surface area (Å²) in [6.07, 6.45) is 3.12. The van der Waals surface area contributed by atoms with Crippen molar-refractivity contribution in [2.45, 2.75) is 19.8 Å². The highest BCUT2D eigenvalue weighted by Crippen LogP contribution is 2.24. The Morgan fingerprint density at radius 1 is 0.875 bits per heavy atom. The molecule has 0 bridgehead atoms. The normalized spacial score (nSPS) is 15.2. The summed E-state index contributed by atoms with van der Waals surface area (Å²) in [5.41, 5.74) is 4.41. The van der Waals surface area contributed by atoms with Gasteiger partial charge in [-0.2, -0.15) is 0 Å². The van der Waals surface area contributed by atoms with Crippen molar-refractivity contribution in [2.75, 3.05) is 4.90 Å². The van der Waals surface area contributed by atoms with Crippen LogP contribution in [0, 0.1) is 0 Å². The molecule has 0 atom stereocenters. The lowest BCUT2D eigenvalue weighted by atomic mass is 10.0. The highest BCUT2D eigenvalue weighted by Gasteiger charge is 2.36. The number of nitrogens with one attached hydrogen (secondary N) is 1. The second-order valence-corrected chi connectivity index (χ2v) is 8.34. The lowest BCUT2D eigenvalue weighted by Gasteiger charge is -2.26. The smallest absolute Gasteiger partial charge is 0.273 e. The van der Waals surface area contributed by atoms with Crippen molar-refractivity contribution in [3.05, 3.63) is 105 Å². The van der Waals surface area contributed by atoms with Gasteiger partial charge in [-0.05, 0) is 59.4 Å². The number of imide groups is 2. The molecule has 0 unspecified atom stereocenters. The van der Waals surface area contributed by atoms with Gasteiger partial charge in [0, 0.05) is 4.47 Å². The van der Waals surface area contributed by atoms with Crippen molar-refractivity contribution in [3.63, 3.8) is 0 Å². The van der Waals surface area contributed by atoms with E-state index in [1.54, 1.807) is 12.1 Å². The van der Waals surface area contributed by atoms with Gasteiger partial charge in [-0.3, -0.25) is 14.9 Å². The number of halogens is 1.